The van der Waals surface area contributed by atoms with Crippen molar-refractivity contribution in [2.75, 3.05) is 0 Å². The minimum Gasteiger partial charge on any atom is -0.490 e. The van der Waals surface area contributed by atoms with Crippen molar-refractivity contribution in [3.63, 3.8) is 0 Å². The number of ether oxygens (including phenoxy) is 1. The largest absolute Gasteiger partial charge is 0.490 e. The Kier molecular flexibility index (Phi) is 5.50. The molecule has 2 N–H and O–H groups in total. The predicted molar refractivity (Wildman–Crippen MR) is 88.1 cm³/mol. The molecule has 2 rings (SSSR count). The third-order valence-corrected chi connectivity index (χ3v) is 4.49. The van der Waals surface area contributed by atoms with Crippen LogP contribution in [-0.2, 0) is 6.42 Å². The zero-order chi connectivity index (χ0) is 14.7. The van der Waals surface area contributed by atoms with Crippen LogP contribution < -0.4 is 10.5 Å². The Morgan fingerprint density at radius 2 is 1.90 bits per heavy atom. The molecule has 2 nitrogen and oxygen atoms in total. The highest BCUT2D eigenvalue weighted by Crippen LogP contribution is 2.33. The molecule has 0 radical (unpaired) electrons. The summed E-state index contributed by atoms with van der Waals surface area (Å²) < 4.78 is 7.40. The summed E-state index contributed by atoms with van der Waals surface area (Å²) in [5.74, 6) is 2.53. The van der Waals surface area contributed by atoms with Crippen LogP contribution >= 0.6 is 15.9 Å². The van der Waals surface area contributed by atoms with Crippen molar-refractivity contribution in [3.05, 3.63) is 28.2 Å². The van der Waals surface area contributed by atoms with Crippen molar-refractivity contribution in [1.82, 2.24) is 0 Å². The van der Waals surface area contributed by atoms with E-state index in [1.54, 1.807) is 0 Å². The zero-order valence-corrected chi connectivity index (χ0v) is 14.3. The van der Waals surface area contributed by atoms with Gasteiger partial charge in [0.1, 0.15) is 5.75 Å². The minimum absolute atomic E-state index is 0.149. The normalized spacial score (nSPS) is 28.1. The monoisotopic (exact) mass is 339 g/mol. The Hall–Kier alpha value is -0.540. The summed E-state index contributed by atoms with van der Waals surface area (Å²) in [6.07, 6.45) is 4.86. The molecule has 0 bridgehead atoms. The molecule has 1 aliphatic rings. The molecule has 0 amide bonds. The van der Waals surface area contributed by atoms with Crippen molar-refractivity contribution in [3.8, 4) is 5.75 Å². The quantitative estimate of drug-likeness (QED) is 0.873. The standard InChI is InChI=1S/C17H26BrNO/c1-11-6-12(2)8-16(7-11)20-17-5-4-15(18)10-14(17)9-13(3)19/h4-5,10-13,16H,6-9,19H2,1-3H3. The number of hydrogen-bond donors (Lipinski definition) is 1. The Balaban J connectivity index is 2.11. The average Bonchev–Trinajstić information content (AvgIpc) is 2.30. The van der Waals surface area contributed by atoms with Crippen LogP contribution in [0.3, 0.4) is 0 Å². The van der Waals surface area contributed by atoms with Crippen LogP contribution in [-0.4, -0.2) is 12.1 Å². The SMILES string of the molecule is CC(N)Cc1cc(Br)ccc1OC1CC(C)CC(C)C1. The van der Waals surface area contributed by atoms with Gasteiger partial charge in [-0.2, -0.15) is 0 Å². The van der Waals surface area contributed by atoms with Crippen molar-refractivity contribution < 1.29 is 4.74 Å². The molecule has 1 aliphatic carbocycles. The lowest BCUT2D eigenvalue weighted by molar-refractivity contribution is 0.1000. The fourth-order valence-corrected chi connectivity index (χ4v) is 3.73. The molecule has 1 aromatic rings. The van der Waals surface area contributed by atoms with Crippen LogP contribution in [0.25, 0.3) is 0 Å². The molecule has 0 heterocycles. The summed E-state index contributed by atoms with van der Waals surface area (Å²) in [6, 6.07) is 6.41. The van der Waals surface area contributed by atoms with Gasteiger partial charge in [-0.05, 0) is 68.2 Å². The van der Waals surface area contributed by atoms with Gasteiger partial charge in [-0.1, -0.05) is 29.8 Å². The number of nitrogens with two attached hydrogens (primary N) is 1. The van der Waals surface area contributed by atoms with E-state index in [4.69, 9.17) is 10.5 Å². The Morgan fingerprint density at radius 3 is 2.50 bits per heavy atom. The van der Waals surface area contributed by atoms with Crippen LogP contribution in [0.4, 0.5) is 0 Å². The third-order valence-electron chi connectivity index (χ3n) is 3.99. The number of rotatable bonds is 4. The van der Waals surface area contributed by atoms with Gasteiger partial charge in [0, 0.05) is 10.5 Å². The van der Waals surface area contributed by atoms with Gasteiger partial charge in [0.15, 0.2) is 0 Å². The van der Waals surface area contributed by atoms with Gasteiger partial charge >= 0.3 is 0 Å². The van der Waals surface area contributed by atoms with E-state index < -0.39 is 0 Å². The van der Waals surface area contributed by atoms with Gasteiger partial charge in [0.05, 0.1) is 6.10 Å². The fraction of sp³-hybridized carbons (Fsp3) is 0.647. The molecule has 0 spiro atoms. The summed E-state index contributed by atoms with van der Waals surface area (Å²) in [6.45, 7) is 6.70. The first-order chi connectivity index (χ1) is 9.44. The number of benzene rings is 1. The summed E-state index contributed by atoms with van der Waals surface area (Å²) in [5.41, 5.74) is 7.16. The molecule has 1 aromatic carbocycles. The zero-order valence-electron chi connectivity index (χ0n) is 12.7. The molecule has 1 fully saturated rings. The first-order valence-electron chi connectivity index (χ1n) is 7.64. The van der Waals surface area contributed by atoms with E-state index in [-0.39, 0.29) is 6.04 Å². The fourth-order valence-electron chi connectivity index (χ4n) is 3.32. The van der Waals surface area contributed by atoms with Gasteiger partial charge in [-0.15, -0.1) is 0 Å². The first kappa shape index (κ1) is 15.8. The van der Waals surface area contributed by atoms with Crippen LogP contribution in [0.2, 0.25) is 0 Å². The molecule has 3 heteroatoms. The second kappa shape index (κ2) is 6.95. The predicted octanol–water partition coefficient (Wildman–Crippen LogP) is 4.54. The topological polar surface area (TPSA) is 35.2 Å². The van der Waals surface area contributed by atoms with E-state index in [0.717, 1.165) is 41.3 Å². The highest BCUT2D eigenvalue weighted by Gasteiger charge is 2.25. The molecule has 1 saturated carbocycles. The van der Waals surface area contributed by atoms with Crippen molar-refractivity contribution in [1.29, 1.82) is 0 Å². The van der Waals surface area contributed by atoms with Crippen LogP contribution in [0.1, 0.15) is 45.6 Å². The molecule has 0 aromatic heterocycles. The first-order valence-corrected chi connectivity index (χ1v) is 8.44. The van der Waals surface area contributed by atoms with Crippen molar-refractivity contribution in [2.45, 2.75) is 58.6 Å². The molecule has 3 atom stereocenters. The molecule has 0 aliphatic heterocycles. The van der Waals surface area contributed by atoms with Gasteiger partial charge < -0.3 is 10.5 Å². The maximum atomic E-state index is 6.31. The van der Waals surface area contributed by atoms with E-state index in [9.17, 15) is 0 Å². The van der Waals surface area contributed by atoms with E-state index in [2.05, 4.69) is 48.0 Å². The van der Waals surface area contributed by atoms with Crippen molar-refractivity contribution >= 4 is 15.9 Å². The molecule has 20 heavy (non-hydrogen) atoms. The summed E-state index contributed by atoms with van der Waals surface area (Å²) in [7, 11) is 0. The smallest absolute Gasteiger partial charge is 0.123 e. The second-order valence-electron chi connectivity index (χ2n) is 6.59. The molecular weight excluding hydrogens is 314 g/mol. The van der Waals surface area contributed by atoms with Gasteiger partial charge in [-0.3, -0.25) is 0 Å². The van der Waals surface area contributed by atoms with E-state index in [1.165, 1.54) is 12.0 Å². The summed E-state index contributed by atoms with van der Waals surface area (Å²) in [4.78, 5) is 0. The lowest BCUT2D eigenvalue weighted by Gasteiger charge is -2.32. The highest BCUT2D eigenvalue weighted by atomic mass is 79.9. The number of halogens is 1. The second-order valence-corrected chi connectivity index (χ2v) is 7.51. The van der Waals surface area contributed by atoms with Gasteiger partial charge in [0.25, 0.3) is 0 Å². The van der Waals surface area contributed by atoms with Crippen molar-refractivity contribution in [2.24, 2.45) is 17.6 Å². The van der Waals surface area contributed by atoms with E-state index >= 15 is 0 Å². The van der Waals surface area contributed by atoms with Crippen LogP contribution in [0.5, 0.6) is 5.75 Å². The Labute approximate surface area is 131 Å². The minimum atomic E-state index is 0.149. The highest BCUT2D eigenvalue weighted by molar-refractivity contribution is 9.10. The molecular formula is C17H26BrNO. The summed E-state index contributed by atoms with van der Waals surface area (Å²) >= 11 is 3.53. The van der Waals surface area contributed by atoms with Gasteiger partial charge in [0.2, 0.25) is 0 Å². The lowest BCUT2D eigenvalue weighted by Crippen LogP contribution is -2.29. The third kappa shape index (κ3) is 4.49. The van der Waals surface area contributed by atoms with Crippen LogP contribution in [0.15, 0.2) is 22.7 Å². The van der Waals surface area contributed by atoms with Gasteiger partial charge in [-0.25, -0.2) is 0 Å². The Bertz CT molecular complexity index is 437. The summed E-state index contributed by atoms with van der Waals surface area (Å²) in [5, 5.41) is 0. The van der Waals surface area contributed by atoms with E-state index in [1.807, 2.05) is 6.92 Å². The molecule has 0 saturated heterocycles. The maximum Gasteiger partial charge on any atom is 0.123 e. The average molecular weight is 340 g/mol. The maximum absolute atomic E-state index is 6.31. The molecule has 3 unspecified atom stereocenters. The Morgan fingerprint density at radius 1 is 1.25 bits per heavy atom. The number of hydrogen-bond acceptors (Lipinski definition) is 2. The molecule has 112 valence electrons. The lowest BCUT2D eigenvalue weighted by atomic mass is 9.82. The van der Waals surface area contributed by atoms with Crippen LogP contribution in [0, 0.1) is 11.8 Å². The van der Waals surface area contributed by atoms with E-state index in [0.29, 0.717) is 6.10 Å².